The summed E-state index contributed by atoms with van der Waals surface area (Å²) in [5, 5.41) is 66.7. The third-order valence-electron chi connectivity index (χ3n) is 9.45. The first kappa shape index (κ1) is 37.1. The van der Waals surface area contributed by atoms with E-state index in [9.17, 15) is 40.2 Å². The van der Waals surface area contributed by atoms with Crippen LogP contribution in [0.1, 0.15) is 82.0 Å². The number of hydrogen-bond donors (Lipinski definition) is 6. The second-order valence-corrected chi connectivity index (χ2v) is 13.1. The number of rotatable bonds is 11. The summed E-state index contributed by atoms with van der Waals surface area (Å²) < 4.78 is 10.4. The number of benzene rings is 4. The molecule has 4 aromatic carbocycles. The average Bonchev–Trinajstić information content (AvgIpc) is 3.10. The van der Waals surface area contributed by atoms with Gasteiger partial charge in [-0.25, -0.2) is 0 Å². The van der Waals surface area contributed by atoms with E-state index in [-0.39, 0.29) is 51.7 Å². The van der Waals surface area contributed by atoms with Gasteiger partial charge in [-0.1, -0.05) is 29.4 Å². The van der Waals surface area contributed by atoms with Crippen LogP contribution in [0.25, 0.3) is 6.08 Å². The van der Waals surface area contributed by atoms with E-state index in [1.807, 2.05) is 20.8 Å². The maximum atomic E-state index is 14.8. The van der Waals surface area contributed by atoms with Gasteiger partial charge >= 0.3 is 0 Å². The highest BCUT2D eigenvalue weighted by atomic mass is 16.5. The van der Waals surface area contributed by atoms with Crippen LogP contribution in [0, 0.1) is 5.92 Å². The van der Waals surface area contributed by atoms with Crippen molar-refractivity contribution in [3.8, 4) is 46.0 Å². The van der Waals surface area contributed by atoms with Crippen LogP contribution < -0.4 is 9.47 Å². The molecule has 4 aromatic rings. The van der Waals surface area contributed by atoms with Crippen LogP contribution in [0.15, 0.2) is 90.0 Å². The van der Waals surface area contributed by atoms with Crippen molar-refractivity contribution in [2.24, 2.45) is 5.92 Å². The Kier molecular flexibility index (Phi) is 11.0. The molecule has 270 valence electrons. The summed E-state index contributed by atoms with van der Waals surface area (Å²) in [4.78, 5) is 28.4. The molecule has 1 aliphatic carbocycles. The number of Topliss-reactive ketones (excluding diaryl/α,β-unsaturated/α-hetero) is 1. The summed E-state index contributed by atoms with van der Waals surface area (Å²) in [6, 6.07) is 14.5. The van der Waals surface area contributed by atoms with Gasteiger partial charge in [-0.15, -0.1) is 0 Å². The third-order valence-corrected chi connectivity index (χ3v) is 9.45. The van der Waals surface area contributed by atoms with Crippen molar-refractivity contribution in [3.63, 3.8) is 0 Å². The van der Waals surface area contributed by atoms with Gasteiger partial charge in [0, 0.05) is 46.6 Å². The van der Waals surface area contributed by atoms with Crippen LogP contribution in [-0.4, -0.2) is 56.4 Å². The van der Waals surface area contributed by atoms with Gasteiger partial charge < -0.3 is 40.1 Å². The predicted octanol–water partition coefficient (Wildman–Crippen LogP) is 8.06. The number of phenols is 6. The van der Waals surface area contributed by atoms with Crippen LogP contribution in [0.4, 0.5) is 0 Å². The van der Waals surface area contributed by atoms with E-state index >= 15 is 0 Å². The minimum absolute atomic E-state index is 0.0926. The number of allylic oxidation sites excluding steroid dienone is 5. The van der Waals surface area contributed by atoms with Crippen molar-refractivity contribution in [1.29, 1.82) is 0 Å². The lowest BCUT2D eigenvalue weighted by atomic mass is 9.65. The largest absolute Gasteiger partial charge is 0.508 e. The zero-order chi connectivity index (χ0) is 37.9. The normalized spacial score (nSPS) is 17.0. The maximum Gasteiger partial charge on any atom is 0.189 e. The molecule has 10 heteroatoms. The van der Waals surface area contributed by atoms with Crippen molar-refractivity contribution in [2.45, 2.75) is 45.4 Å². The number of ketones is 2. The fraction of sp³-hybridized carbons (Fsp3) is 0.238. The number of phenolic OH excluding ortho intramolecular Hbond substituents is 6. The Hall–Kier alpha value is -6.16. The Morgan fingerprint density at radius 3 is 2.04 bits per heavy atom. The summed E-state index contributed by atoms with van der Waals surface area (Å²) in [5.41, 5.74) is 2.24. The first-order valence-corrected chi connectivity index (χ1v) is 16.6. The Balaban J connectivity index is 1.67. The minimum atomic E-state index is -1.14. The molecule has 0 saturated carbocycles. The first-order chi connectivity index (χ1) is 24.7. The molecule has 3 atom stereocenters. The smallest absolute Gasteiger partial charge is 0.189 e. The molecule has 5 rings (SSSR count). The van der Waals surface area contributed by atoms with Crippen LogP contribution in [-0.2, 0) is 6.42 Å². The lowest BCUT2D eigenvalue weighted by Crippen LogP contribution is -2.32. The van der Waals surface area contributed by atoms with E-state index in [1.54, 1.807) is 36.4 Å². The Morgan fingerprint density at radius 2 is 1.40 bits per heavy atom. The topological polar surface area (TPSA) is 174 Å². The highest BCUT2D eigenvalue weighted by Crippen LogP contribution is 2.53. The van der Waals surface area contributed by atoms with Gasteiger partial charge in [-0.2, -0.15) is 0 Å². The van der Waals surface area contributed by atoms with Crippen molar-refractivity contribution in [2.75, 3.05) is 14.2 Å². The van der Waals surface area contributed by atoms with Crippen LogP contribution in [0.2, 0.25) is 0 Å². The Morgan fingerprint density at radius 1 is 0.769 bits per heavy atom. The molecule has 10 nitrogen and oxygen atoms in total. The predicted molar refractivity (Wildman–Crippen MR) is 197 cm³/mol. The zero-order valence-corrected chi connectivity index (χ0v) is 29.5. The molecule has 0 heterocycles. The Bertz CT molecular complexity index is 2120. The lowest BCUT2D eigenvalue weighted by Gasteiger charge is -2.37. The van der Waals surface area contributed by atoms with E-state index in [2.05, 4.69) is 0 Å². The van der Waals surface area contributed by atoms with Gasteiger partial charge in [0.05, 0.1) is 25.3 Å². The number of aromatic hydroxyl groups is 6. The minimum Gasteiger partial charge on any atom is -0.508 e. The molecule has 0 radical (unpaired) electrons. The van der Waals surface area contributed by atoms with Gasteiger partial charge in [0.2, 0.25) is 0 Å². The SMILES string of the molecule is COc1ccc(/C=C/C(=O)c2ccc(O)c([C@H]3C=C(C)C[C@H](c4ccc(OC)cc4O)[C@H]3C(=O)c3ccc(O)c(CC=C(C)C)c3O)c2O)c(O)c1. The number of carbonyl (C=O) groups is 2. The zero-order valence-electron chi connectivity index (χ0n) is 29.5. The molecule has 6 N–H and O–H groups in total. The standard InChI is InChI=1S/C42H42O10/c1-22(2)6-11-28-34(44)16-14-30(40(28)48)42(50)38-31(27-12-10-26(52-5)21-37(27)47)18-23(3)19-32(38)39-35(45)17-13-29(41(39)49)33(43)15-8-24-7-9-25(51-4)20-36(24)46/h6-10,12-17,19-21,31-32,38,44-49H,11,18H2,1-5H3/b15-8+/t31-,32+,38-/m1/s1. The molecule has 0 fully saturated rings. The fourth-order valence-electron chi connectivity index (χ4n) is 6.76. The number of hydrogen-bond acceptors (Lipinski definition) is 10. The van der Waals surface area contributed by atoms with E-state index in [1.165, 1.54) is 62.8 Å². The van der Waals surface area contributed by atoms with Gasteiger partial charge in [-0.05, 0) is 93.8 Å². The monoisotopic (exact) mass is 706 g/mol. The van der Waals surface area contributed by atoms with Crippen molar-refractivity contribution >= 4 is 17.6 Å². The summed E-state index contributed by atoms with van der Waals surface area (Å²) in [6.45, 7) is 5.56. The Labute approximate surface area is 301 Å². The lowest BCUT2D eigenvalue weighted by molar-refractivity contribution is 0.0876. The summed E-state index contributed by atoms with van der Waals surface area (Å²) >= 11 is 0. The van der Waals surface area contributed by atoms with E-state index in [4.69, 9.17) is 9.47 Å². The molecule has 0 bridgehead atoms. The van der Waals surface area contributed by atoms with E-state index in [0.717, 1.165) is 11.1 Å². The van der Waals surface area contributed by atoms with Gasteiger partial charge in [0.1, 0.15) is 46.0 Å². The molecule has 0 unspecified atom stereocenters. The summed E-state index contributed by atoms with van der Waals surface area (Å²) in [7, 11) is 2.91. The van der Waals surface area contributed by atoms with Gasteiger partial charge in [-0.3, -0.25) is 9.59 Å². The van der Waals surface area contributed by atoms with E-state index in [0.29, 0.717) is 29.0 Å². The van der Waals surface area contributed by atoms with Crippen molar-refractivity contribution < 1.29 is 49.7 Å². The highest BCUT2D eigenvalue weighted by molar-refractivity contribution is 6.09. The van der Waals surface area contributed by atoms with Crippen molar-refractivity contribution in [3.05, 3.63) is 123 Å². The third kappa shape index (κ3) is 7.46. The number of carbonyl (C=O) groups excluding carboxylic acids is 2. The average molecular weight is 707 g/mol. The van der Waals surface area contributed by atoms with Crippen LogP contribution in [0.5, 0.6) is 46.0 Å². The number of ether oxygens (including phenoxy) is 2. The first-order valence-electron chi connectivity index (χ1n) is 16.6. The molecular formula is C42H42O10. The number of methoxy groups -OCH3 is 2. The summed E-state index contributed by atoms with van der Waals surface area (Å²) in [6.07, 6.45) is 6.54. The molecule has 52 heavy (non-hydrogen) atoms. The van der Waals surface area contributed by atoms with Crippen molar-refractivity contribution in [1.82, 2.24) is 0 Å². The quantitative estimate of drug-likeness (QED) is 0.0509. The second kappa shape index (κ2) is 15.4. The molecule has 0 spiro atoms. The molecule has 0 saturated heterocycles. The summed E-state index contributed by atoms with van der Waals surface area (Å²) in [5.74, 6) is -5.12. The van der Waals surface area contributed by atoms with E-state index < -0.39 is 40.8 Å². The van der Waals surface area contributed by atoms with Gasteiger partial charge in [0.25, 0.3) is 0 Å². The fourth-order valence-corrected chi connectivity index (χ4v) is 6.76. The second-order valence-electron chi connectivity index (χ2n) is 13.1. The van der Waals surface area contributed by atoms with Gasteiger partial charge in [0.15, 0.2) is 11.6 Å². The highest BCUT2D eigenvalue weighted by Gasteiger charge is 2.43. The van der Waals surface area contributed by atoms with Crippen LogP contribution in [0.3, 0.4) is 0 Å². The molecule has 0 aliphatic heterocycles. The molecule has 0 aromatic heterocycles. The molecule has 0 amide bonds. The molecular weight excluding hydrogens is 664 g/mol. The van der Waals surface area contributed by atoms with Crippen LogP contribution >= 0.6 is 0 Å². The molecule has 1 aliphatic rings. The maximum absolute atomic E-state index is 14.8.